The summed E-state index contributed by atoms with van der Waals surface area (Å²) in [6.45, 7) is 5.34. The lowest BCUT2D eigenvalue weighted by Crippen LogP contribution is -2.39. The van der Waals surface area contributed by atoms with Crippen molar-refractivity contribution >= 4 is 24.1 Å². The second-order valence-electron chi connectivity index (χ2n) is 17.2. The smallest absolute Gasteiger partial charge is 0.416 e. The lowest BCUT2D eigenvalue weighted by atomic mass is 10.1. The molecule has 2 heterocycles. The van der Waals surface area contributed by atoms with Gasteiger partial charge in [-0.05, 0) is 129 Å². The average molecular weight is 1050 g/mol. The molecule has 18 nitrogen and oxygen atoms in total. The van der Waals surface area contributed by atoms with E-state index < -0.39 is 43.3 Å². The van der Waals surface area contributed by atoms with Gasteiger partial charge in [0, 0.05) is 30.5 Å². The third-order valence-corrected chi connectivity index (χ3v) is 11.8. The first-order chi connectivity index (χ1) is 37.2. The molecule has 2 aromatic heterocycles. The van der Waals surface area contributed by atoms with Gasteiger partial charge in [0.15, 0.2) is 0 Å². The molecule has 18 heteroatoms. The van der Waals surface area contributed by atoms with Gasteiger partial charge in [-0.1, -0.05) is 60.7 Å². The molecule has 1 atom stereocenters. The minimum absolute atomic E-state index is 0.0575. The summed E-state index contributed by atoms with van der Waals surface area (Å²) in [4.78, 5) is 59.8. The largest absolute Gasteiger partial charge is 0.497 e. The summed E-state index contributed by atoms with van der Waals surface area (Å²) < 4.78 is 44.3. The molecule has 0 saturated heterocycles. The topological polar surface area (TPSA) is 223 Å². The number of aliphatic carboxylic acids is 2. The van der Waals surface area contributed by atoms with Crippen molar-refractivity contribution < 1.29 is 66.6 Å². The van der Waals surface area contributed by atoms with Gasteiger partial charge in [0.2, 0.25) is 11.8 Å². The first kappa shape index (κ1) is 55.2. The number of carbonyl (C=O) groups is 4. The molecule has 6 aromatic carbocycles. The SMILES string of the molecule is COc1ccc(OC(=O)N(CC(=O)O)Cc2ccc(OCCc3nc(-c4ccccc4)oc3C)cc2)cc1.COc1ccc(OC(=O)N(CC(=O)O)[C@@H](C)c2ccc(OCCc3nc(-c4ccccc4)oc3C)cc2)cc1. The molecule has 0 aliphatic rings. The average Bonchev–Trinajstić information content (AvgIpc) is 4.02. The number of hydrogen-bond donors (Lipinski definition) is 2. The number of hydrogen-bond acceptors (Lipinski definition) is 14. The standard InChI is InChI=1S/C30H30N2O7.C29H28N2O7/c1-20(32(19-28(33)34)30(35)39-26-15-13-24(36-3)14-16-26)22-9-11-25(12-10-22)37-18-17-27-21(2)38-29(31-27)23-7-5-4-6-8-23;1-20-26(30-28(37-20)22-6-4-3-5-7-22)16-17-36-24-10-8-21(9-11-24)18-31(19-27(32)33)29(34)38-25-14-12-23(35-2)13-15-25/h4-16,20H,17-19H2,1-3H3,(H,33,34);3-15H,16-19H2,1-2H3,(H,32,33)/t20-;/m0./s1. The molecule has 0 fully saturated rings. The number of benzene rings is 6. The van der Waals surface area contributed by atoms with Gasteiger partial charge in [-0.3, -0.25) is 19.4 Å². The summed E-state index contributed by atoms with van der Waals surface area (Å²) in [5.74, 6) is 3.45. The Morgan fingerprint density at radius 3 is 1.35 bits per heavy atom. The fraction of sp³-hybridized carbons (Fsp3) is 0.220. The van der Waals surface area contributed by atoms with E-state index in [9.17, 15) is 29.4 Å². The normalized spacial score (nSPS) is 11.0. The van der Waals surface area contributed by atoms with E-state index in [1.807, 2.05) is 74.5 Å². The molecule has 0 unspecified atom stereocenters. The van der Waals surface area contributed by atoms with Crippen molar-refractivity contribution in [2.75, 3.05) is 40.5 Å². The third-order valence-electron chi connectivity index (χ3n) is 11.8. The number of carboxylic acid groups (broad SMARTS) is 2. The molecule has 0 radical (unpaired) electrons. The van der Waals surface area contributed by atoms with Crippen molar-refractivity contribution in [3.63, 3.8) is 0 Å². The molecule has 0 bridgehead atoms. The van der Waals surface area contributed by atoms with Crippen LogP contribution < -0.4 is 28.4 Å². The highest BCUT2D eigenvalue weighted by atomic mass is 16.6. The van der Waals surface area contributed by atoms with Gasteiger partial charge >= 0.3 is 24.1 Å². The molecule has 2 N–H and O–H groups in total. The minimum Gasteiger partial charge on any atom is -0.497 e. The molecule has 398 valence electrons. The number of carboxylic acids is 2. The van der Waals surface area contributed by atoms with Gasteiger partial charge in [-0.15, -0.1) is 0 Å². The molecule has 2 amide bonds. The molecule has 8 aromatic rings. The van der Waals surface area contributed by atoms with Crippen LogP contribution in [0.3, 0.4) is 0 Å². The van der Waals surface area contributed by atoms with E-state index in [1.165, 1.54) is 14.2 Å². The Bertz CT molecular complexity index is 3160. The highest BCUT2D eigenvalue weighted by Gasteiger charge is 2.26. The van der Waals surface area contributed by atoms with Crippen LogP contribution >= 0.6 is 0 Å². The Balaban J connectivity index is 0.000000224. The van der Waals surface area contributed by atoms with E-state index in [2.05, 4.69) is 9.97 Å². The van der Waals surface area contributed by atoms with E-state index >= 15 is 0 Å². The monoisotopic (exact) mass is 1050 g/mol. The second kappa shape index (κ2) is 27.1. The van der Waals surface area contributed by atoms with E-state index in [1.54, 1.807) is 104 Å². The molecular weight excluding hydrogens is 989 g/mol. The quantitative estimate of drug-likeness (QED) is 0.0644. The third kappa shape index (κ3) is 16.2. The summed E-state index contributed by atoms with van der Waals surface area (Å²) in [5, 5.41) is 18.7. The zero-order valence-corrected chi connectivity index (χ0v) is 43.1. The van der Waals surface area contributed by atoms with Crippen molar-refractivity contribution in [3.8, 4) is 57.4 Å². The van der Waals surface area contributed by atoms with Crippen LogP contribution in [-0.4, -0.2) is 94.6 Å². The van der Waals surface area contributed by atoms with Gasteiger partial charge in [0.25, 0.3) is 0 Å². The van der Waals surface area contributed by atoms with E-state index in [-0.39, 0.29) is 18.0 Å². The highest BCUT2D eigenvalue weighted by Crippen LogP contribution is 2.28. The van der Waals surface area contributed by atoms with Gasteiger partial charge in [0.05, 0.1) is 44.9 Å². The molecule has 0 saturated carbocycles. The number of oxazole rings is 2. The number of carbonyl (C=O) groups excluding carboxylic acids is 2. The summed E-state index contributed by atoms with van der Waals surface area (Å²) in [7, 11) is 3.07. The second-order valence-corrected chi connectivity index (χ2v) is 17.2. The molecule has 0 aliphatic heterocycles. The number of aromatic nitrogens is 2. The number of methoxy groups -OCH3 is 2. The van der Waals surface area contributed by atoms with Crippen LogP contribution in [0.4, 0.5) is 9.59 Å². The zero-order valence-electron chi connectivity index (χ0n) is 43.1. The molecule has 8 rings (SSSR count). The summed E-state index contributed by atoms with van der Waals surface area (Å²) in [5.41, 5.74) is 4.96. The fourth-order valence-electron chi connectivity index (χ4n) is 7.66. The lowest BCUT2D eigenvalue weighted by Gasteiger charge is -2.27. The number of nitrogens with zero attached hydrogens (tertiary/aromatic N) is 4. The Kier molecular flexibility index (Phi) is 19.4. The van der Waals surface area contributed by atoms with E-state index in [4.69, 9.17) is 37.3 Å². The lowest BCUT2D eigenvalue weighted by molar-refractivity contribution is -0.139. The van der Waals surface area contributed by atoms with Gasteiger partial charge < -0.3 is 47.5 Å². The number of amides is 2. The number of ether oxygens (including phenoxy) is 6. The molecule has 0 aliphatic carbocycles. The number of rotatable bonds is 22. The predicted molar refractivity (Wildman–Crippen MR) is 283 cm³/mol. The first-order valence-electron chi connectivity index (χ1n) is 24.4. The van der Waals surface area contributed by atoms with Crippen molar-refractivity contribution in [3.05, 3.63) is 192 Å². The Morgan fingerprint density at radius 1 is 0.519 bits per heavy atom. The molecular formula is C59H58N4O14. The Hall–Kier alpha value is -9.58. The van der Waals surface area contributed by atoms with Crippen LogP contribution in [0, 0.1) is 13.8 Å². The van der Waals surface area contributed by atoms with Crippen LogP contribution in [-0.2, 0) is 29.0 Å². The van der Waals surface area contributed by atoms with Gasteiger partial charge in [-0.25, -0.2) is 19.6 Å². The summed E-state index contributed by atoms with van der Waals surface area (Å²) >= 11 is 0. The van der Waals surface area contributed by atoms with Crippen LogP contribution in [0.15, 0.2) is 167 Å². The minimum atomic E-state index is -1.15. The maximum absolute atomic E-state index is 12.9. The van der Waals surface area contributed by atoms with Crippen molar-refractivity contribution in [2.45, 2.75) is 46.2 Å². The maximum Gasteiger partial charge on any atom is 0.416 e. The predicted octanol–water partition coefficient (Wildman–Crippen LogP) is 11.3. The van der Waals surface area contributed by atoms with Crippen LogP contribution in [0.5, 0.6) is 34.5 Å². The fourth-order valence-corrected chi connectivity index (χ4v) is 7.66. The molecule has 0 spiro atoms. The zero-order chi connectivity index (χ0) is 54.7. The maximum atomic E-state index is 12.9. The summed E-state index contributed by atoms with van der Waals surface area (Å²) in [6.07, 6.45) is -0.388. The Morgan fingerprint density at radius 2 is 0.922 bits per heavy atom. The van der Waals surface area contributed by atoms with Gasteiger partial charge in [0.1, 0.15) is 59.1 Å². The van der Waals surface area contributed by atoms with Crippen LogP contribution in [0.2, 0.25) is 0 Å². The van der Waals surface area contributed by atoms with E-state index in [0.717, 1.165) is 55.0 Å². The van der Waals surface area contributed by atoms with Crippen LogP contribution in [0.25, 0.3) is 22.9 Å². The van der Waals surface area contributed by atoms with Crippen molar-refractivity contribution in [1.29, 1.82) is 0 Å². The summed E-state index contributed by atoms with van der Waals surface area (Å²) in [6, 6.07) is 46.0. The van der Waals surface area contributed by atoms with Crippen molar-refractivity contribution in [2.24, 2.45) is 0 Å². The van der Waals surface area contributed by atoms with E-state index in [0.29, 0.717) is 60.8 Å². The molecule has 77 heavy (non-hydrogen) atoms. The van der Waals surface area contributed by atoms with Crippen LogP contribution in [0.1, 0.15) is 47.0 Å². The van der Waals surface area contributed by atoms with Crippen molar-refractivity contribution in [1.82, 2.24) is 19.8 Å². The first-order valence-corrected chi connectivity index (χ1v) is 24.4. The number of aryl methyl sites for hydroxylation is 2. The highest BCUT2D eigenvalue weighted by molar-refractivity contribution is 5.79. The van der Waals surface area contributed by atoms with Gasteiger partial charge in [-0.2, -0.15) is 0 Å². The Labute approximate surface area is 445 Å².